The molecular formula is C16H21N3O5S. The molecule has 0 spiro atoms. The molecule has 0 bridgehead atoms. The number of amides is 2. The van der Waals surface area contributed by atoms with Gasteiger partial charge in [-0.1, -0.05) is 0 Å². The van der Waals surface area contributed by atoms with Crippen LogP contribution < -0.4 is 10.6 Å². The molecule has 0 unspecified atom stereocenters. The van der Waals surface area contributed by atoms with Crippen molar-refractivity contribution in [2.45, 2.75) is 23.8 Å². The fourth-order valence-electron chi connectivity index (χ4n) is 2.48. The Bertz CT molecular complexity index is 738. The van der Waals surface area contributed by atoms with E-state index in [2.05, 4.69) is 10.6 Å². The molecule has 9 heteroatoms. The minimum atomic E-state index is -3.58. The van der Waals surface area contributed by atoms with Crippen molar-refractivity contribution >= 4 is 21.8 Å². The second-order valence-electron chi connectivity index (χ2n) is 6.07. The van der Waals surface area contributed by atoms with Crippen molar-refractivity contribution in [3.63, 3.8) is 0 Å². The predicted octanol–water partition coefficient (Wildman–Crippen LogP) is -0.284. The Morgan fingerprint density at radius 3 is 2.36 bits per heavy atom. The third-order valence-corrected chi connectivity index (χ3v) is 5.99. The van der Waals surface area contributed by atoms with E-state index in [1.54, 1.807) is 0 Å². The fraction of sp³-hybridized carbons (Fsp3) is 0.500. The maximum Gasteiger partial charge on any atom is 0.251 e. The Morgan fingerprint density at radius 2 is 1.76 bits per heavy atom. The van der Waals surface area contributed by atoms with Crippen LogP contribution in [-0.4, -0.2) is 63.4 Å². The van der Waals surface area contributed by atoms with Crippen molar-refractivity contribution in [1.82, 2.24) is 14.9 Å². The zero-order chi connectivity index (χ0) is 17.9. The van der Waals surface area contributed by atoms with Crippen molar-refractivity contribution in [1.29, 1.82) is 0 Å². The van der Waals surface area contributed by atoms with E-state index >= 15 is 0 Å². The van der Waals surface area contributed by atoms with E-state index in [0.29, 0.717) is 31.9 Å². The molecular weight excluding hydrogens is 346 g/mol. The lowest BCUT2D eigenvalue weighted by Crippen LogP contribution is -2.40. The largest absolute Gasteiger partial charge is 0.379 e. The molecule has 2 amide bonds. The van der Waals surface area contributed by atoms with Crippen LogP contribution in [0.25, 0.3) is 0 Å². The molecule has 0 atom stereocenters. The van der Waals surface area contributed by atoms with Crippen LogP contribution in [0.15, 0.2) is 29.2 Å². The second kappa shape index (κ2) is 7.51. The number of hydrogen-bond acceptors (Lipinski definition) is 5. The summed E-state index contributed by atoms with van der Waals surface area (Å²) in [5.41, 5.74) is 0.306. The third-order valence-electron chi connectivity index (χ3n) is 4.08. The summed E-state index contributed by atoms with van der Waals surface area (Å²) in [6.45, 7) is 1.30. The molecule has 1 aliphatic heterocycles. The van der Waals surface area contributed by atoms with Gasteiger partial charge in [0.1, 0.15) is 0 Å². The maximum atomic E-state index is 12.5. The highest BCUT2D eigenvalue weighted by atomic mass is 32.2. The SMILES string of the molecule is O=C(CNC(=O)c1ccc(S(=O)(=O)N2CCOCC2)cc1)NC1CC1. The number of morpholine rings is 1. The molecule has 2 aliphatic rings. The number of sulfonamides is 1. The van der Waals surface area contributed by atoms with Crippen molar-refractivity contribution in [3.8, 4) is 0 Å². The van der Waals surface area contributed by atoms with Crippen molar-refractivity contribution in [2.24, 2.45) is 0 Å². The summed E-state index contributed by atoms with van der Waals surface area (Å²) < 4.78 is 31.6. The van der Waals surface area contributed by atoms with Crippen LogP contribution in [0, 0.1) is 0 Å². The van der Waals surface area contributed by atoms with Gasteiger partial charge in [0.25, 0.3) is 5.91 Å². The summed E-state index contributed by atoms with van der Waals surface area (Å²) in [7, 11) is -3.58. The highest BCUT2D eigenvalue weighted by Gasteiger charge is 2.26. The number of ether oxygens (including phenoxy) is 1. The van der Waals surface area contributed by atoms with Gasteiger partial charge in [-0.2, -0.15) is 4.31 Å². The van der Waals surface area contributed by atoms with Gasteiger partial charge >= 0.3 is 0 Å². The average molecular weight is 367 g/mol. The first-order chi connectivity index (χ1) is 12.0. The van der Waals surface area contributed by atoms with Crippen LogP contribution in [-0.2, 0) is 19.6 Å². The summed E-state index contributed by atoms with van der Waals surface area (Å²) in [5, 5.41) is 5.30. The Balaban J connectivity index is 1.58. The van der Waals surface area contributed by atoms with Gasteiger partial charge in [-0.15, -0.1) is 0 Å². The van der Waals surface area contributed by atoms with Gasteiger partial charge in [-0.3, -0.25) is 9.59 Å². The van der Waals surface area contributed by atoms with Crippen LogP contribution >= 0.6 is 0 Å². The molecule has 1 aliphatic carbocycles. The highest BCUT2D eigenvalue weighted by Crippen LogP contribution is 2.18. The summed E-state index contributed by atoms with van der Waals surface area (Å²) in [6.07, 6.45) is 1.97. The highest BCUT2D eigenvalue weighted by molar-refractivity contribution is 7.89. The van der Waals surface area contributed by atoms with Crippen LogP contribution in [0.5, 0.6) is 0 Å². The van der Waals surface area contributed by atoms with E-state index in [1.165, 1.54) is 28.6 Å². The topological polar surface area (TPSA) is 105 Å². The van der Waals surface area contributed by atoms with E-state index in [-0.39, 0.29) is 23.4 Å². The van der Waals surface area contributed by atoms with Gasteiger partial charge in [0.15, 0.2) is 0 Å². The Labute approximate surface area is 146 Å². The van der Waals surface area contributed by atoms with Gasteiger partial charge in [0.2, 0.25) is 15.9 Å². The molecule has 136 valence electrons. The van der Waals surface area contributed by atoms with E-state index < -0.39 is 15.9 Å². The number of carbonyl (C=O) groups is 2. The summed E-state index contributed by atoms with van der Waals surface area (Å²) in [4.78, 5) is 23.8. The molecule has 1 saturated heterocycles. The molecule has 1 saturated carbocycles. The summed E-state index contributed by atoms with van der Waals surface area (Å²) in [5.74, 6) is -0.636. The molecule has 0 aromatic heterocycles. The molecule has 8 nitrogen and oxygen atoms in total. The summed E-state index contributed by atoms with van der Waals surface area (Å²) >= 11 is 0. The van der Waals surface area contributed by atoms with E-state index in [1.807, 2.05) is 0 Å². The maximum absolute atomic E-state index is 12.5. The van der Waals surface area contributed by atoms with Crippen LogP contribution in [0.1, 0.15) is 23.2 Å². The van der Waals surface area contributed by atoms with Crippen LogP contribution in [0.4, 0.5) is 0 Å². The molecule has 3 rings (SSSR count). The summed E-state index contributed by atoms with van der Waals surface area (Å²) in [6, 6.07) is 5.95. The number of carbonyl (C=O) groups excluding carboxylic acids is 2. The number of nitrogens with zero attached hydrogens (tertiary/aromatic N) is 1. The lowest BCUT2D eigenvalue weighted by atomic mass is 10.2. The Kier molecular flexibility index (Phi) is 5.36. The standard InChI is InChI=1S/C16H21N3O5S/c20-15(18-13-3-4-13)11-17-16(21)12-1-5-14(6-2-12)25(22,23)19-7-9-24-10-8-19/h1-2,5-6,13H,3-4,7-11H2,(H,17,21)(H,18,20). The molecule has 1 aromatic rings. The monoisotopic (exact) mass is 367 g/mol. The van der Waals surface area contributed by atoms with Gasteiger partial charge in [0, 0.05) is 24.7 Å². The minimum absolute atomic E-state index is 0.0941. The van der Waals surface area contributed by atoms with Crippen molar-refractivity contribution < 1.29 is 22.7 Å². The lowest BCUT2D eigenvalue weighted by Gasteiger charge is -2.26. The molecule has 1 aromatic carbocycles. The van der Waals surface area contributed by atoms with Gasteiger partial charge in [0.05, 0.1) is 24.7 Å². The third kappa shape index (κ3) is 4.56. The number of rotatable bonds is 6. The van der Waals surface area contributed by atoms with Crippen LogP contribution in [0.3, 0.4) is 0 Å². The number of benzene rings is 1. The Morgan fingerprint density at radius 1 is 1.12 bits per heavy atom. The zero-order valence-electron chi connectivity index (χ0n) is 13.7. The van der Waals surface area contributed by atoms with E-state index in [4.69, 9.17) is 4.74 Å². The normalized spacial score (nSPS) is 18.6. The lowest BCUT2D eigenvalue weighted by molar-refractivity contribution is -0.120. The van der Waals surface area contributed by atoms with Gasteiger partial charge in [-0.25, -0.2) is 8.42 Å². The Hall–Kier alpha value is -1.97. The van der Waals surface area contributed by atoms with Crippen molar-refractivity contribution in [2.75, 3.05) is 32.8 Å². The van der Waals surface area contributed by atoms with E-state index in [9.17, 15) is 18.0 Å². The van der Waals surface area contributed by atoms with Gasteiger partial charge in [-0.05, 0) is 37.1 Å². The quantitative estimate of drug-likeness (QED) is 0.719. The molecule has 2 N–H and O–H groups in total. The predicted molar refractivity (Wildman–Crippen MR) is 89.5 cm³/mol. The smallest absolute Gasteiger partial charge is 0.251 e. The first-order valence-corrected chi connectivity index (χ1v) is 9.66. The number of nitrogens with one attached hydrogen (secondary N) is 2. The first-order valence-electron chi connectivity index (χ1n) is 8.22. The number of hydrogen-bond donors (Lipinski definition) is 2. The molecule has 2 fully saturated rings. The fourth-order valence-corrected chi connectivity index (χ4v) is 3.89. The van der Waals surface area contributed by atoms with Gasteiger partial charge < -0.3 is 15.4 Å². The second-order valence-corrected chi connectivity index (χ2v) is 8.00. The van der Waals surface area contributed by atoms with Crippen LogP contribution in [0.2, 0.25) is 0 Å². The molecule has 1 heterocycles. The van der Waals surface area contributed by atoms with E-state index in [0.717, 1.165) is 12.8 Å². The molecule has 25 heavy (non-hydrogen) atoms. The minimum Gasteiger partial charge on any atom is -0.379 e. The zero-order valence-corrected chi connectivity index (χ0v) is 14.5. The molecule has 0 radical (unpaired) electrons. The first kappa shape index (κ1) is 17.8. The average Bonchev–Trinajstić information content (AvgIpc) is 3.44. The van der Waals surface area contributed by atoms with Crippen molar-refractivity contribution in [3.05, 3.63) is 29.8 Å².